The van der Waals surface area contributed by atoms with Crippen molar-refractivity contribution in [2.45, 2.75) is 32.4 Å². The summed E-state index contributed by atoms with van der Waals surface area (Å²) in [5.74, 6) is -0.232. The van der Waals surface area contributed by atoms with Crippen LogP contribution in [0.4, 0.5) is 8.78 Å². The van der Waals surface area contributed by atoms with E-state index < -0.39 is 11.6 Å². The summed E-state index contributed by atoms with van der Waals surface area (Å²) in [5.41, 5.74) is 1.04. The van der Waals surface area contributed by atoms with Crippen LogP contribution < -0.4 is 0 Å². The van der Waals surface area contributed by atoms with Crippen molar-refractivity contribution < 1.29 is 13.3 Å². The molecule has 1 atom stereocenters. The first-order valence-corrected chi connectivity index (χ1v) is 7.92. The highest BCUT2D eigenvalue weighted by Crippen LogP contribution is 2.26. The Morgan fingerprint density at radius 1 is 1.29 bits per heavy atom. The Labute approximate surface area is 137 Å². The number of nitrogens with zero attached hydrogens (tertiary/aromatic N) is 5. The predicted molar refractivity (Wildman–Crippen MR) is 82.2 cm³/mol. The van der Waals surface area contributed by atoms with E-state index in [-0.39, 0.29) is 5.92 Å². The zero-order valence-corrected chi connectivity index (χ0v) is 13.2. The summed E-state index contributed by atoms with van der Waals surface area (Å²) >= 11 is 0. The van der Waals surface area contributed by atoms with Crippen LogP contribution in [0.3, 0.4) is 0 Å². The van der Waals surface area contributed by atoms with Crippen LogP contribution in [0, 0.1) is 18.6 Å². The second-order valence-electron chi connectivity index (χ2n) is 6.21. The van der Waals surface area contributed by atoms with Crippen LogP contribution in [-0.2, 0) is 6.67 Å². The number of aromatic nitrogens is 4. The molecular weight excluding hydrogens is 316 g/mol. The van der Waals surface area contributed by atoms with E-state index in [2.05, 4.69) is 20.0 Å². The molecule has 8 heteroatoms. The van der Waals surface area contributed by atoms with Gasteiger partial charge in [-0.2, -0.15) is 4.98 Å². The standard InChI is InChI=1S/C16H17F2N5O/c1-10-20-16(24-21-10)11-3-2-4-22(7-11)9-23-8-19-14-5-12(17)13(18)6-15(14)23/h5-6,8,11H,2-4,7,9H2,1H3/t11-/m0/s1. The topological polar surface area (TPSA) is 60.0 Å². The number of fused-ring (bicyclic) bond motifs is 1. The first-order chi connectivity index (χ1) is 11.6. The molecule has 0 spiro atoms. The maximum Gasteiger partial charge on any atom is 0.231 e. The highest BCUT2D eigenvalue weighted by Gasteiger charge is 2.26. The fraction of sp³-hybridized carbons (Fsp3) is 0.438. The van der Waals surface area contributed by atoms with Crippen LogP contribution in [0.5, 0.6) is 0 Å². The molecule has 126 valence electrons. The molecule has 3 aromatic rings. The van der Waals surface area contributed by atoms with E-state index in [4.69, 9.17) is 4.52 Å². The molecule has 0 aliphatic carbocycles. The molecule has 1 aromatic carbocycles. The van der Waals surface area contributed by atoms with Gasteiger partial charge in [-0.25, -0.2) is 13.8 Å². The molecule has 0 N–H and O–H groups in total. The minimum Gasteiger partial charge on any atom is -0.339 e. The highest BCUT2D eigenvalue weighted by atomic mass is 19.2. The number of benzene rings is 1. The number of piperidine rings is 1. The molecule has 1 aliphatic rings. The van der Waals surface area contributed by atoms with Gasteiger partial charge in [-0.3, -0.25) is 4.90 Å². The van der Waals surface area contributed by atoms with Gasteiger partial charge in [-0.05, 0) is 26.3 Å². The molecule has 1 aliphatic heterocycles. The smallest absolute Gasteiger partial charge is 0.231 e. The first-order valence-electron chi connectivity index (χ1n) is 7.92. The number of aryl methyl sites for hydroxylation is 1. The second-order valence-corrected chi connectivity index (χ2v) is 6.21. The van der Waals surface area contributed by atoms with Gasteiger partial charge in [0.1, 0.15) is 0 Å². The number of rotatable bonds is 3. The van der Waals surface area contributed by atoms with Gasteiger partial charge in [-0.15, -0.1) is 0 Å². The summed E-state index contributed by atoms with van der Waals surface area (Å²) in [6, 6.07) is 2.32. The van der Waals surface area contributed by atoms with E-state index in [0.717, 1.165) is 32.0 Å². The summed E-state index contributed by atoms with van der Waals surface area (Å²) < 4.78 is 33.9. The lowest BCUT2D eigenvalue weighted by Gasteiger charge is -2.31. The summed E-state index contributed by atoms with van der Waals surface area (Å²) in [7, 11) is 0. The molecule has 0 amide bonds. The Balaban J connectivity index is 1.53. The summed E-state index contributed by atoms with van der Waals surface area (Å²) in [6.07, 6.45) is 3.63. The van der Waals surface area contributed by atoms with Gasteiger partial charge in [0.05, 0.1) is 29.9 Å². The minimum atomic E-state index is -0.877. The molecule has 1 fully saturated rings. The van der Waals surface area contributed by atoms with Gasteiger partial charge in [0.15, 0.2) is 17.5 Å². The largest absolute Gasteiger partial charge is 0.339 e. The number of hydrogen-bond donors (Lipinski definition) is 0. The maximum absolute atomic E-state index is 13.5. The molecule has 2 aromatic heterocycles. The lowest BCUT2D eigenvalue weighted by molar-refractivity contribution is 0.153. The van der Waals surface area contributed by atoms with Crippen LogP contribution in [0.1, 0.15) is 30.5 Å². The van der Waals surface area contributed by atoms with Gasteiger partial charge in [0.25, 0.3) is 0 Å². The quantitative estimate of drug-likeness (QED) is 0.738. The minimum absolute atomic E-state index is 0.198. The Kier molecular flexibility index (Phi) is 3.76. The maximum atomic E-state index is 13.5. The number of halogens is 2. The van der Waals surface area contributed by atoms with Gasteiger partial charge in [0, 0.05) is 18.7 Å². The zero-order chi connectivity index (χ0) is 16.7. The first kappa shape index (κ1) is 15.2. The molecule has 24 heavy (non-hydrogen) atoms. The van der Waals surface area contributed by atoms with Gasteiger partial charge < -0.3 is 9.09 Å². The number of imidazole rings is 1. The van der Waals surface area contributed by atoms with E-state index in [1.165, 1.54) is 6.07 Å². The Morgan fingerprint density at radius 2 is 2.12 bits per heavy atom. The molecule has 0 radical (unpaired) electrons. The molecule has 0 bridgehead atoms. The third-order valence-corrected chi connectivity index (χ3v) is 4.41. The summed E-state index contributed by atoms with van der Waals surface area (Å²) in [4.78, 5) is 10.7. The molecular formula is C16H17F2N5O. The van der Waals surface area contributed by atoms with Crippen molar-refractivity contribution in [3.63, 3.8) is 0 Å². The van der Waals surface area contributed by atoms with Crippen LogP contribution in [0.25, 0.3) is 11.0 Å². The third kappa shape index (κ3) is 2.77. The molecule has 3 heterocycles. The van der Waals surface area contributed by atoms with Crippen LogP contribution in [-0.4, -0.2) is 37.7 Å². The van der Waals surface area contributed by atoms with Gasteiger partial charge in [-0.1, -0.05) is 5.16 Å². The fourth-order valence-corrected chi connectivity index (χ4v) is 3.25. The number of hydrogen-bond acceptors (Lipinski definition) is 5. The van der Waals surface area contributed by atoms with Crippen molar-refractivity contribution in [1.29, 1.82) is 0 Å². The average Bonchev–Trinajstić information content (AvgIpc) is 3.16. The lowest BCUT2D eigenvalue weighted by Crippen LogP contribution is -2.35. The fourth-order valence-electron chi connectivity index (χ4n) is 3.25. The predicted octanol–water partition coefficient (Wildman–Crippen LogP) is 2.84. The van der Waals surface area contributed by atoms with Crippen LogP contribution in [0.2, 0.25) is 0 Å². The van der Waals surface area contributed by atoms with Crippen LogP contribution >= 0.6 is 0 Å². The second kappa shape index (κ2) is 5.94. The van der Waals surface area contributed by atoms with E-state index >= 15 is 0 Å². The van der Waals surface area contributed by atoms with Crippen LogP contribution in [0.15, 0.2) is 23.0 Å². The molecule has 1 saturated heterocycles. The van der Waals surface area contributed by atoms with Crippen molar-refractivity contribution in [2.75, 3.05) is 13.1 Å². The van der Waals surface area contributed by atoms with Crippen molar-refractivity contribution in [3.8, 4) is 0 Å². The summed E-state index contributed by atoms with van der Waals surface area (Å²) in [6.45, 7) is 4.07. The highest BCUT2D eigenvalue weighted by molar-refractivity contribution is 5.75. The van der Waals surface area contributed by atoms with Crippen molar-refractivity contribution in [1.82, 2.24) is 24.6 Å². The van der Waals surface area contributed by atoms with Crippen molar-refractivity contribution in [2.24, 2.45) is 0 Å². The van der Waals surface area contributed by atoms with E-state index in [1.54, 1.807) is 13.3 Å². The van der Waals surface area contributed by atoms with E-state index in [9.17, 15) is 8.78 Å². The molecule has 0 unspecified atom stereocenters. The number of likely N-dealkylation sites (tertiary alicyclic amines) is 1. The third-order valence-electron chi connectivity index (χ3n) is 4.41. The van der Waals surface area contributed by atoms with Gasteiger partial charge in [0.2, 0.25) is 5.89 Å². The van der Waals surface area contributed by atoms with E-state index in [1.807, 2.05) is 4.57 Å². The Morgan fingerprint density at radius 3 is 2.92 bits per heavy atom. The molecule has 4 rings (SSSR count). The normalized spacial score (nSPS) is 19.2. The average molecular weight is 333 g/mol. The molecule has 6 nitrogen and oxygen atoms in total. The summed E-state index contributed by atoms with van der Waals surface area (Å²) in [5, 5.41) is 3.85. The monoisotopic (exact) mass is 333 g/mol. The SMILES string of the molecule is Cc1noc([C@H]2CCCN(Cn3cnc4cc(F)c(F)cc43)C2)n1. The van der Waals surface area contributed by atoms with Gasteiger partial charge >= 0.3 is 0 Å². The van der Waals surface area contributed by atoms with Crippen molar-refractivity contribution in [3.05, 3.63) is 41.8 Å². The Hall–Kier alpha value is -2.35. The lowest BCUT2D eigenvalue weighted by atomic mass is 9.98. The zero-order valence-electron chi connectivity index (χ0n) is 13.2. The van der Waals surface area contributed by atoms with E-state index in [0.29, 0.717) is 29.4 Å². The van der Waals surface area contributed by atoms with Crippen molar-refractivity contribution >= 4 is 11.0 Å². The Bertz CT molecular complexity index is 875. The molecule has 0 saturated carbocycles.